The summed E-state index contributed by atoms with van der Waals surface area (Å²) < 4.78 is 0. The van der Waals surface area contributed by atoms with Gasteiger partial charge in [0.1, 0.15) is 0 Å². The predicted octanol–water partition coefficient (Wildman–Crippen LogP) is 4.64. The summed E-state index contributed by atoms with van der Waals surface area (Å²) in [6.45, 7) is 7.81. The fraction of sp³-hybridized carbons (Fsp3) is 0.400. The van der Waals surface area contributed by atoms with Gasteiger partial charge in [-0.1, -0.05) is 61.3 Å². The summed E-state index contributed by atoms with van der Waals surface area (Å²) in [4.78, 5) is 0. The van der Waals surface area contributed by atoms with E-state index in [1.807, 2.05) is 6.92 Å². The van der Waals surface area contributed by atoms with Gasteiger partial charge in [-0.2, -0.15) is 0 Å². The van der Waals surface area contributed by atoms with E-state index in [4.69, 9.17) is 34.8 Å². The van der Waals surface area contributed by atoms with Crippen LogP contribution in [-0.4, -0.2) is 0 Å². The Morgan fingerprint density at radius 1 is 1.08 bits per heavy atom. The average molecular weight is 238 g/mol. The summed E-state index contributed by atoms with van der Waals surface area (Å²) >= 11 is 18.0. The first-order valence-electron chi connectivity index (χ1n) is 4.08. The minimum Gasteiger partial charge on any atom is -0.0987 e. The molecule has 0 aromatic rings. The fourth-order valence-electron chi connectivity index (χ4n) is 1.40. The number of rotatable bonds is 1. The Labute approximate surface area is 93.9 Å². The Morgan fingerprint density at radius 2 is 1.62 bits per heavy atom. The third-order valence-corrected chi connectivity index (χ3v) is 4.04. The van der Waals surface area contributed by atoms with E-state index >= 15 is 0 Å². The molecule has 0 aromatic heterocycles. The largest absolute Gasteiger partial charge is 0.0987 e. The van der Waals surface area contributed by atoms with Gasteiger partial charge in [0.15, 0.2) is 0 Å². The van der Waals surface area contributed by atoms with E-state index in [0.29, 0.717) is 15.1 Å². The van der Waals surface area contributed by atoms with Crippen LogP contribution >= 0.6 is 34.8 Å². The van der Waals surface area contributed by atoms with E-state index in [0.717, 1.165) is 5.57 Å². The van der Waals surface area contributed by atoms with Crippen molar-refractivity contribution in [2.24, 2.45) is 11.8 Å². The minimum absolute atomic E-state index is 0.213. The molecule has 0 spiro atoms. The van der Waals surface area contributed by atoms with E-state index in [9.17, 15) is 0 Å². The van der Waals surface area contributed by atoms with Gasteiger partial charge in [-0.15, -0.1) is 0 Å². The molecule has 1 aliphatic rings. The molecule has 1 aliphatic carbocycles. The molecule has 0 nitrogen and oxygen atoms in total. The molecule has 2 unspecified atom stereocenters. The second-order valence-electron chi connectivity index (χ2n) is 3.21. The second-order valence-corrected chi connectivity index (χ2v) is 4.38. The summed E-state index contributed by atoms with van der Waals surface area (Å²) in [5, 5.41) is 1.64. The maximum atomic E-state index is 6.02. The van der Waals surface area contributed by atoms with Crippen molar-refractivity contribution in [1.82, 2.24) is 0 Å². The molecule has 0 radical (unpaired) electrons. The predicted molar refractivity (Wildman–Crippen MR) is 60.1 cm³/mol. The van der Waals surface area contributed by atoms with Crippen molar-refractivity contribution in [2.75, 3.05) is 0 Å². The van der Waals surface area contributed by atoms with E-state index in [-0.39, 0.29) is 11.8 Å². The standard InChI is InChI=1S/C10H11Cl3/c1-4-7-5(2)6(3)8(11)10(13)9(7)12/h4-6H,1H2,2-3H3. The first-order chi connectivity index (χ1) is 6.00. The van der Waals surface area contributed by atoms with Crippen molar-refractivity contribution in [1.29, 1.82) is 0 Å². The third-order valence-electron chi connectivity index (χ3n) is 2.52. The molecule has 3 heteroatoms. The third kappa shape index (κ3) is 1.81. The zero-order chi connectivity index (χ0) is 10.2. The van der Waals surface area contributed by atoms with Crippen molar-refractivity contribution >= 4 is 34.8 Å². The van der Waals surface area contributed by atoms with Crippen LogP contribution in [0.5, 0.6) is 0 Å². The summed E-state index contributed by atoms with van der Waals surface area (Å²) in [7, 11) is 0. The fourth-order valence-corrected chi connectivity index (χ4v) is 2.36. The summed E-state index contributed by atoms with van der Waals surface area (Å²) in [5.41, 5.74) is 0.976. The molecule has 0 saturated carbocycles. The smallest absolute Gasteiger partial charge is 0.0743 e. The molecule has 0 fully saturated rings. The molecule has 0 aromatic carbocycles. The summed E-state index contributed by atoms with van der Waals surface area (Å²) in [6.07, 6.45) is 1.75. The van der Waals surface area contributed by atoms with Crippen LogP contribution in [-0.2, 0) is 0 Å². The Morgan fingerprint density at radius 3 is 2.08 bits per heavy atom. The van der Waals surface area contributed by atoms with E-state index in [1.165, 1.54) is 0 Å². The number of halogens is 3. The van der Waals surface area contributed by atoms with E-state index in [1.54, 1.807) is 6.08 Å². The quantitative estimate of drug-likeness (QED) is 0.623. The molecule has 1 rings (SSSR count). The van der Waals surface area contributed by atoms with Gasteiger partial charge in [-0.05, 0) is 11.5 Å². The van der Waals surface area contributed by atoms with Crippen LogP contribution in [0.25, 0.3) is 0 Å². The lowest BCUT2D eigenvalue weighted by atomic mass is 9.84. The molecule has 2 atom stereocenters. The molecule has 0 heterocycles. The Balaban J connectivity index is 3.26. The molecule has 0 aliphatic heterocycles. The van der Waals surface area contributed by atoms with Crippen LogP contribution in [0.15, 0.2) is 33.3 Å². The van der Waals surface area contributed by atoms with Gasteiger partial charge in [-0.3, -0.25) is 0 Å². The van der Waals surface area contributed by atoms with Gasteiger partial charge in [0, 0.05) is 11.0 Å². The van der Waals surface area contributed by atoms with Gasteiger partial charge in [0.25, 0.3) is 0 Å². The first-order valence-corrected chi connectivity index (χ1v) is 5.21. The highest BCUT2D eigenvalue weighted by atomic mass is 35.5. The van der Waals surface area contributed by atoms with Crippen molar-refractivity contribution in [3.05, 3.63) is 33.3 Å². The molecule has 0 N–H and O–H groups in total. The van der Waals surface area contributed by atoms with Crippen molar-refractivity contribution in [3.8, 4) is 0 Å². The molecular weight excluding hydrogens is 226 g/mol. The first kappa shape index (κ1) is 11.2. The zero-order valence-corrected chi connectivity index (χ0v) is 9.84. The lowest BCUT2D eigenvalue weighted by molar-refractivity contribution is 0.521. The normalized spacial score (nSPS) is 29.6. The molecule has 0 amide bonds. The monoisotopic (exact) mass is 236 g/mol. The van der Waals surface area contributed by atoms with E-state index < -0.39 is 0 Å². The van der Waals surface area contributed by atoms with Crippen molar-refractivity contribution in [3.63, 3.8) is 0 Å². The zero-order valence-electron chi connectivity index (χ0n) is 7.57. The molecule has 13 heavy (non-hydrogen) atoms. The van der Waals surface area contributed by atoms with Crippen molar-refractivity contribution < 1.29 is 0 Å². The van der Waals surface area contributed by atoms with Crippen molar-refractivity contribution in [2.45, 2.75) is 13.8 Å². The van der Waals surface area contributed by atoms with Crippen LogP contribution in [0.4, 0.5) is 0 Å². The summed E-state index contributed by atoms with van der Waals surface area (Å²) in [6, 6.07) is 0. The Hall–Kier alpha value is 0.0900. The van der Waals surface area contributed by atoms with Crippen LogP contribution in [0.3, 0.4) is 0 Å². The van der Waals surface area contributed by atoms with Gasteiger partial charge in [0.2, 0.25) is 0 Å². The van der Waals surface area contributed by atoms with Crippen LogP contribution in [0.1, 0.15) is 13.8 Å². The molecule has 0 bridgehead atoms. The van der Waals surface area contributed by atoms with E-state index in [2.05, 4.69) is 13.5 Å². The maximum Gasteiger partial charge on any atom is 0.0743 e. The number of hydrogen-bond acceptors (Lipinski definition) is 0. The lowest BCUT2D eigenvalue weighted by Crippen LogP contribution is -2.16. The molecule has 72 valence electrons. The van der Waals surface area contributed by atoms with Gasteiger partial charge >= 0.3 is 0 Å². The molecular formula is C10H11Cl3. The maximum absolute atomic E-state index is 6.02. The highest BCUT2D eigenvalue weighted by Crippen LogP contribution is 2.43. The number of allylic oxidation sites excluding steroid dienone is 5. The van der Waals surface area contributed by atoms with Gasteiger partial charge in [0.05, 0.1) is 10.1 Å². The van der Waals surface area contributed by atoms with Gasteiger partial charge in [-0.25, -0.2) is 0 Å². The Kier molecular flexibility index (Phi) is 3.50. The Bertz CT molecular complexity index is 299. The van der Waals surface area contributed by atoms with Gasteiger partial charge < -0.3 is 0 Å². The second kappa shape index (κ2) is 4.08. The van der Waals surface area contributed by atoms with Crippen LogP contribution < -0.4 is 0 Å². The highest BCUT2D eigenvalue weighted by Gasteiger charge is 2.28. The SMILES string of the molecule is C=CC1=C(Cl)C(Cl)=C(Cl)C(C)C1C. The molecule has 0 saturated heterocycles. The lowest BCUT2D eigenvalue weighted by Gasteiger charge is -2.27. The number of hydrogen-bond donors (Lipinski definition) is 0. The van der Waals surface area contributed by atoms with Crippen LogP contribution in [0, 0.1) is 11.8 Å². The summed E-state index contributed by atoms with van der Waals surface area (Å²) in [5.74, 6) is 0.490. The highest BCUT2D eigenvalue weighted by molar-refractivity contribution is 6.48. The minimum atomic E-state index is 0.213. The average Bonchev–Trinajstić information content (AvgIpc) is 2.13. The van der Waals surface area contributed by atoms with Crippen LogP contribution in [0.2, 0.25) is 0 Å². The topological polar surface area (TPSA) is 0 Å².